The Labute approximate surface area is 128 Å². The molecular formula is C17H21N3O2. The van der Waals surface area contributed by atoms with Crippen LogP contribution < -0.4 is 10.9 Å². The first-order valence-corrected chi connectivity index (χ1v) is 7.57. The minimum Gasteiger partial charge on any atom is -0.449 e. The molecule has 0 amide bonds. The quantitative estimate of drug-likeness (QED) is 0.775. The van der Waals surface area contributed by atoms with Gasteiger partial charge >= 0.3 is 0 Å². The number of nitrogens with zero attached hydrogens (tertiary/aromatic N) is 1. The van der Waals surface area contributed by atoms with Gasteiger partial charge in [-0.25, -0.2) is 4.98 Å². The number of fused-ring (bicyclic) bond motifs is 3. The lowest BCUT2D eigenvalue weighted by Gasteiger charge is -2.24. The summed E-state index contributed by atoms with van der Waals surface area (Å²) in [6, 6.07) is 5.84. The minimum atomic E-state index is -0.232. The number of aromatic amines is 1. The number of aromatic nitrogens is 2. The van der Waals surface area contributed by atoms with Gasteiger partial charge in [0, 0.05) is 10.9 Å². The van der Waals surface area contributed by atoms with Crippen molar-refractivity contribution in [1.29, 1.82) is 0 Å². The van der Waals surface area contributed by atoms with Crippen LogP contribution in [0.25, 0.3) is 22.1 Å². The van der Waals surface area contributed by atoms with Gasteiger partial charge in [-0.3, -0.25) is 4.79 Å². The van der Waals surface area contributed by atoms with Crippen LogP contribution in [0.1, 0.15) is 38.6 Å². The summed E-state index contributed by atoms with van der Waals surface area (Å²) >= 11 is 0. The van der Waals surface area contributed by atoms with Crippen LogP contribution in [0.2, 0.25) is 0 Å². The molecule has 2 aromatic heterocycles. The standard InChI is InChI=1S/C17H21N3O2/c1-5-17(3,4)18-9-13-19-14-11-8-10(2)6-7-12(11)22-15(14)16(21)20-13/h6-8,18H,5,9H2,1-4H3,(H,19,20,21). The second-order valence-electron chi connectivity index (χ2n) is 6.38. The summed E-state index contributed by atoms with van der Waals surface area (Å²) in [5.41, 5.74) is 2.50. The largest absolute Gasteiger partial charge is 0.449 e. The van der Waals surface area contributed by atoms with Crippen LogP contribution in [0.15, 0.2) is 27.4 Å². The maximum atomic E-state index is 12.2. The van der Waals surface area contributed by atoms with Crippen molar-refractivity contribution in [2.24, 2.45) is 0 Å². The Kier molecular flexibility index (Phi) is 3.53. The summed E-state index contributed by atoms with van der Waals surface area (Å²) in [6.45, 7) is 8.90. The summed E-state index contributed by atoms with van der Waals surface area (Å²) in [5.74, 6) is 0.628. The SMILES string of the molecule is CCC(C)(C)NCc1nc2c(oc3ccc(C)cc32)c(=O)[nH]1. The minimum absolute atomic E-state index is 0.00256. The van der Waals surface area contributed by atoms with Gasteiger partial charge in [-0.05, 0) is 39.3 Å². The van der Waals surface area contributed by atoms with Gasteiger partial charge in [-0.1, -0.05) is 18.6 Å². The van der Waals surface area contributed by atoms with Crippen molar-refractivity contribution in [3.63, 3.8) is 0 Å². The third kappa shape index (κ3) is 2.64. The molecule has 0 aliphatic rings. The normalized spacial score (nSPS) is 12.4. The summed E-state index contributed by atoms with van der Waals surface area (Å²) < 4.78 is 5.63. The lowest BCUT2D eigenvalue weighted by atomic mass is 10.0. The van der Waals surface area contributed by atoms with Crippen LogP contribution >= 0.6 is 0 Å². The van der Waals surface area contributed by atoms with Gasteiger partial charge < -0.3 is 14.7 Å². The molecule has 2 heterocycles. The number of H-pyrrole nitrogens is 1. The zero-order chi connectivity index (χ0) is 15.9. The molecule has 0 fully saturated rings. The first kappa shape index (κ1) is 14.8. The molecule has 0 unspecified atom stereocenters. The molecule has 0 saturated heterocycles. The molecule has 0 bridgehead atoms. The van der Waals surface area contributed by atoms with Gasteiger partial charge in [0.15, 0.2) is 0 Å². The van der Waals surface area contributed by atoms with Gasteiger partial charge in [-0.15, -0.1) is 0 Å². The molecular weight excluding hydrogens is 278 g/mol. The van der Waals surface area contributed by atoms with Gasteiger partial charge in [0.25, 0.3) is 5.56 Å². The molecule has 116 valence electrons. The highest BCUT2D eigenvalue weighted by Crippen LogP contribution is 2.25. The lowest BCUT2D eigenvalue weighted by molar-refractivity contribution is 0.370. The average molecular weight is 299 g/mol. The van der Waals surface area contributed by atoms with Crippen molar-refractivity contribution in [2.45, 2.75) is 46.2 Å². The van der Waals surface area contributed by atoms with E-state index in [4.69, 9.17) is 4.42 Å². The van der Waals surface area contributed by atoms with Gasteiger partial charge in [0.2, 0.25) is 5.58 Å². The summed E-state index contributed by atoms with van der Waals surface area (Å²) in [4.78, 5) is 19.6. The molecule has 0 aliphatic carbocycles. The molecule has 0 saturated carbocycles. The van der Waals surface area contributed by atoms with E-state index in [-0.39, 0.29) is 11.1 Å². The number of nitrogens with one attached hydrogen (secondary N) is 2. The molecule has 2 N–H and O–H groups in total. The fraction of sp³-hybridized carbons (Fsp3) is 0.412. The van der Waals surface area contributed by atoms with E-state index in [9.17, 15) is 4.79 Å². The monoisotopic (exact) mass is 299 g/mol. The van der Waals surface area contributed by atoms with E-state index < -0.39 is 0 Å². The van der Waals surface area contributed by atoms with Crippen molar-refractivity contribution in [2.75, 3.05) is 0 Å². The van der Waals surface area contributed by atoms with E-state index in [0.717, 1.165) is 17.4 Å². The van der Waals surface area contributed by atoms with Gasteiger partial charge in [0.05, 0.1) is 6.54 Å². The van der Waals surface area contributed by atoms with Crippen LogP contribution in [0, 0.1) is 6.92 Å². The smallest absolute Gasteiger partial charge is 0.294 e. The average Bonchev–Trinajstić information content (AvgIpc) is 2.84. The van der Waals surface area contributed by atoms with E-state index in [1.165, 1.54) is 0 Å². The van der Waals surface area contributed by atoms with Crippen LogP contribution in [0.3, 0.4) is 0 Å². The van der Waals surface area contributed by atoms with Crippen molar-refractivity contribution in [1.82, 2.24) is 15.3 Å². The number of furan rings is 1. The fourth-order valence-corrected chi connectivity index (χ4v) is 2.35. The maximum Gasteiger partial charge on any atom is 0.294 e. The van der Waals surface area contributed by atoms with Crippen LogP contribution in [0.4, 0.5) is 0 Å². The molecule has 1 aromatic carbocycles. The predicted molar refractivity (Wildman–Crippen MR) is 88.1 cm³/mol. The van der Waals surface area contributed by atoms with E-state index in [2.05, 4.69) is 36.1 Å². The lowest BCUT2D eigenvalue weighted by Crippen LogP contribution is -2.38. The predicted octanol–water partition coefficient (Wildman–Crippen LogP) is 3.26. The van der Waals surface area contributed by atoms with Gasteiger partial charge in [-0.2, -0.15) is 0 Å². The first-order valence-electron chi connectivity index (χ1n) is 7.57. The molecule has 0 aliphatic heterocycles. The van der Waals surface area contributed by atoms with Crippen LogP contribution in [-0.2, 0) is 6.54 Å². The third-order valence-corrected chi connectivity index (χ3v) is 4.15. The molecule has 5 nitrogen and oxygen atoms in total. The second kappa shape index (κ2) is 5.25. The number of aryl methyl sites for hydroxylation is 1. The van der Waals surface area contributed by atoms with Crippen molar-refractivity contribution in [3.8, 4) is 0 Å². The Balaban J connectivity index is 2.08. The number of rotatable bonds is 4. The Morgan fingerprint density at radius 1 is 1.36 bits per heavy atom. The molecule has 0 spiro atoms. The molecule has 0 atom stereocenters. The van der Waals surface area contributed by atoms with E-state index in [1.807, 2.05) is 25.1 Å². The van der Waals surface area contributed by atoms with E-state index >= 15 is 0 Å². The fourth-order valence-electron chi connectivity index (χ4n) is 2.35. The van der Waals surface area contributed by atoms with Crippen molar-refractivity contribution < 1.29 is 4.42 Å². The Bertz CT molecular complexity index is 890. The molecule has 3 rings (SSSR count). The summed E-state index contributed by atoms with van der Waals surface area (Å²) in [7, 11) is 0. The van der Waals surface area contributed by atoms with Crippen LogP contribution in [-0.4, -0.2) is 15.5 Å². The molecule has 5 heteroatoms. The molecule has 22 heavy (non-hydrogen) atoms. The maximum absolute atomic E-state index is 12.2. The highest BCUT2D eigenvalue weighted by Gasteiger charge is 2.16. The van der Waals surface area contributed by atoms with Crippen molar-refractivity contribution in [3.05, 3.63) is 39.9 Å². The van der Waals surface area contributed by atoms with E-state index in [0.29, 0.717) is 29.1 Å². The third-order valence-electron chi connectivity index (χ3n) is 4.15. The second-order valence-corrected chi connectivity index (χ2v) is 6.38. The number of hydrogen-bond donors (Lipinski definition) is 2. The highest BCUT2D eigenvalue weighted by atomic mass is 16.3. The van der Waals surface area contributed by atoms with E-state index in [1.54, 1.807) is 0 Å². The Hall–Kier alpha value is -2.14. The Morgan fingerprint density at radius 2 is 2.14 bits per heavy atom. The number of benzene rings is 1. The first-order chi connectivity index (χ1) is 10.4. The molecule has 3 aromatic rings. The number of hydrogen-bond acceptors (Lipinski definition) is 4. The summed E-state index contributed by atoms with van der Waals surface area (Å²) in [5, 5.41) is 4.29. The Morgan fingerprint density at radius 3 is 2.86 bits per heavy atom. The van der Waals surface area contributed by atoms with Crippen LogP contribution in [0.5, 0.6) is 0 Å². The zero-order valence-corrected chi connectivity index (χ0v) is 13.4. The van der Waals surface area contributed by atoms with Gasteiger partial charge in [0.1, 0.15) is 16.9 Å². The summed E-state index contributed by atoms with van der Waals surface area (Å²) in [6.07, 6.45) is 0.993. The topological polar surface area (TPSA) is 70.9 Å². The highest BCUT2D eigenvalue weighted by molar-refractivity contribution is 6.02. The molecule has 0 radical (unpaired) electrons. The zero-order valence-electron chi connectivity index (χ0n) is 13.4. The van der Waals surface area contributed by atoms with Crippen molar-refractivity contribution >= 4 is 22.1 Å².